The Balaban J connectivity index is 2.35. The monoisotopic (exact) mass is 368 g/mol. The number of benzene rings is 2. The van der Waals surface area contributed by atoms with Gasteiger partial charge in [-0.05, 0) is 43.2 Å². The lowest BCUT2D eigenvalue weighted by Crippen LogP contribution is -2.00. The molecule has 0 aliphatic rings. The number of hydrogen-bond donors (Lipinski definition) is 0. The molecule has 1 unspecified atom stereocenters. The molecule has 0 aromatic heterocycles. The summed E-state index contributed by atoms with van der Waals surface area (Å²) in [5.41, 5.74) is 2.11. The molecule has 4 heteroatoms. The maximum atomic E-state index is 6.27. The lowest BCUT2D eigenvalue weighted by Gasteiger charge is -2.16. The first kappa shape index (κ1) is 16.2. The molecule has 0 spiro atoms. The van der Waals surface area contributed by atoms with E-state index in [9.17, 15) is 0 Å². The van der Waals surface area contributed by atoms with E-state index < -0.39 is 0 Å². The van der Waals surface area contributed by atoms with Gasteiger partial charge in [-0.15, -0.1) is 0 Å². The molecule has 0 aliphatic carbocycles. The minimum atomic E-state index is 0.0149. The first-order valence-corrected chi connectivity index (χ1v) is 8.24. The van der Waals surface area contributed by atoms with Crippen LogP contribution < -0.4 is 9.47 Å². The summed E-state index contributed by atoms with van der Waals surface area (Å²) in [7, 11) is 0. The fourth-order valence-electron chi connectivity index (χ4n) is 2.09. The Bertz CT molecular complexity index is 601. The Hall–Kier alpha value is -1.19. The number of halogens is 2. The van der Waals surface area contributed by atoms with E-state index in [0.717, 1.165) is 27.6 Å². The van der Waals surface area contributed by atoms with Gasteiger partial charge < -0.3 is 9.47 Å². The van der Waals surface area contributed by atoms with Gasteiger partial charge in [-0.1, -0.05) is 51.8 Å². The second-order valence-electron chi connectivity index (χ2n) is 4.46. The van der Waals surface area contributed by atoms with E-state index in [2.05, 4.69) is 15.9 Å². The second-order valence-corrected chi connectivity index (χ2v) is 5.78. The van der Waals surface area contributed by atoms with Crippen LogP contribution in [0.3, 0.4) is 0 Å². The zero-order valence-electron chi connectivity index (χ0n) is 12.1. The molecule has 0 heterocycles. The molecule has 0 amide bonds. The third-order valence-corrected chi connectivity index (χ3v) is 4.40. The zero-order chi connectivity index (χ0) is 15.2. The van der Waals surface area contributed by atoms with Crippen LogP contribution in [0.15, 0.2) is 42.5 Å². The van der Waals surface area contributed by atoms with Gasteiger partial charge in [0.25, 0.3) is 0 Å². The summed E-state index contributed by atoms with van der Waals surface area (Å²) in [6, 6.07) is 13.8. The molecule has 0 saturated carbocycles. The van der Waals surface area contributed by atoms with E-state index in [0.29, 0.717) is 13.2 Å². The SMILES string of the molecule is CCOc1ccc(C(Br)c2ccccc2Cl)cc1OCC. The molecule has 21 heavy (non-hydrogen) atoms. The highest BCUT2D eigenvalue weighted by Crippen LogP contribution is 2.39. The highest BCUT2D eigenvalue weighted by Gasteiger charge is 2.16. The van der Waals surface area contributed by atoms with Crippen molar-refractivity contribution in [2.45, 2.75) is 18.7 Å². The topological polar surface area (TPSA) is 18.5 Å². The molecule has 0 fully saturated rings. The van der Waals surface area contributed by atoms with Crippen LogP contribution in [-0.4, -0.2) is 13.2 Å². The Morgan fingerprint density at radius 2 is 1.67 bits per heavy atom. The summed E-state index contributed by atoms with van der Waals surface area (Å²) in [5.74, 6) is 1.52. The summed E-state index contributed by atoms with van der Waals surface area (Å²) in [5, 5.41) is 0.742. The van der Waals surface area contributed by atoms with E-state index in [1.54, 1.807) is 0 Å². The zero-order valence-corrected chi connectivity index (χ0v) is 14.4. The van der Waals surface area contributed by atoms with Gasteiger partial charge in [-0.25, -0.2) is 0 Å². The van der Waals surface area contributed by atoms with Crippen molar-refractivity contribution in [2.24, 2.45) is 0 Å². The predicted octanol–water partition coefficient (Wildman–Crippen LogP) is 5.62. The van der Waals surface area contributed by atoms with Gasteiger partial charge in [-0.3, -0.25) is 0 Å². The van der Waals surface area contributed by atoms with Gasteiger partial charge in [0.15, 0.2) is 11.5 Å². The van der Waals surface area contributed by atoms with Crippen molar-refractivity contribution in [3.8, 4) is 11.5 Å². The summed E-state index contributed by atoms with van der Waals surface area (Å²) in [6.45, 7) is 5.13. The van der Waals surface area contributed by atoms with Crippen LogP contribution in [0.5, 0.6) is 11.5 Å². The molecule has 1 atom stereocenters. The van der Waals surface area contributed by atoms with Crippen LogP contribution in [0.4, 0.5) is 0 Å². The largest absolute Gasteiger partial charge is 0.490 e. The van der Waals surface area contributed by atoms with E-state index >= 15 is 0 Å². The predicted molar refractivity (Wildman–Crippen MR) is 91.0 cm³/mol. The minimum absolute atomic E-state index is 0.0149. The van der Waals surface area contributed by atoms with Crippen molar-refractivity contribution in [2.75, 3.05) is 13.2 Å². The van der Waals surface area contributed by atoms with Crippen LogP contribution in [0.1, 0.15) is 29.8 Å². The van der Waals surface area contributed by atoms with E-state index in [-0.39, 0.29) is 4.83 Å². The van der Waals surface area contributed by atoms with E-state index in [4.69, 9.17) is 21.1 Å². The lowest BCUT2D eigenvalue weighted by molar-refractivity contribution is 0.287. The van der Waals surface area contributed by atoms with Crippen molar-refractivity contribution < 1.29 is 9.47 Å². The summed E-state index contributed by atoms with van der Waals surface area (Å²) in [4.78, 5) is 0.0149. The first-order chi connectivity index (χ1) is 10.2. The van der Waals surface area contributed by atoms with Crippen LogP contribution in [0, 0.1) is 0 Å². The number of rotatable bonds is 6. The highest BCUT2D eigenvalue weighted by atomic mass is 79.9. The van der Waals surface area contributed by atoms with Crippen LogP contribution in [0.25, 0.3) is 0 Å². The molecule has 2 nitrogen and oxygen atoms in total. The third kappa shape index (κ3) is 3.92. The molecule has 0 radical (unpaired) electrons. The average molecular weight is 370 g/mol. The van der Waals surface area contributed by atoms with Crippen molar-refractivity contribution in [1.82, 2.24) is 0 Å². The maximum Gasteiger partial charge on any atom is 0.161 e. The van der Waals surface area contributed by atoms with Gasteiger partial charge in [0.05, 0.1) is 18.0 Å². The minimum Gasteiger partial charge on any atom is -0.490 e. The third-order valence-electron chi connectivity index (χ3n) is 3.04. The number of ether oxygens (including phenoxy) is 2. The molecule has 2 rings (SSSR count). The molecule has 0 bridgehead atoms. The quantitative estimate of drug-likeness (QED) is 0.615. The molecule has 0 aliphatic heterocycles. The molecular formula is C17H18BrClO2. The number of hydrogen-bond acceptors (Lipinski definition) is 2. The van der Waals surface area contributed by atoms with Crippen molar-refractivity contribution in [1.29, 1.82) is 0 Å². The molecule has 2 aromatic carbocycles. The smallest absolute Gasteiger partial charge is 0.161 e. The van der Waals surface area contributed by atoms with Gasteiger partial charge in [-0.2, -0.15) is 0 Å². The number of alkyl halides is 1. The van der Waals surface area contributed by atoms with Gasteiger partial charge in [0.2, 0.25) is 0 Å². The normalized spacial score (nSPS) is 12.0. The fraction of sp³-hybridized carbons (Fsp3) is 0.294. The Labute approximate surface area is 139 Å². The van der Waals surface area contributed by atoms with Crippen molar-refractivity contribution in [3.63, 3.8) is 0 Å². The van der Waals surface area contributed by atoms with E-state index in [1.807, 2.05) is 56.3 Å². The van der Waals surface area contributed by atoms with Crippen LogP contribution in [-0.2, 0) is 0 Å². The van der Waals surface area contributed by atoms with Crippen LogP contribution in [0.2, 0.25) is 5.02 Å². The van der Waals surface area contributed by atoms with Gasteiger partial charge in [0, 0.05) is 5.02 Å². The molecule has 0 N–H and O–H groups in total. The summed E-state index contributed by atoms with van der Waals surface area (Å²) >= 11 is 9.98. The average Bonchev–Trinajstić information content (AvgIpc) is 2.49. The maximum absolute atomic E-state index is 6.27. The first-order valence-electron chi connectivity index (χ1n) is 6.95. The van der Waals surface area contributed by atoms with Gasteiger partial charge in [0.1, 0.15) is 0 Å². The highest BCUT2D eigenvalue weighted by molar-refractivity contribution is 9.09. The second kappa shape index (κ2) is 7.71. The van der Waals surface area contributed by atoms with Crippen LogP contribution >= 0.6 is 27.5 Å². The Morgan fingerprint density at radius 1 is 1.00 bits per heavy atom. The van der Waals surface area contributed by atoms with Crippen molar-refractivity contribution in [3.05, 3.63) is 58.6 Å². The summed E-state index contributed by atoms with van der Waals surface area (Å²) < 4.78 is 11.3. The lowest BCUT2D eigenvalue weighted by atomic mass is 10.0. The standard InChI is InChI=1S/C17H18BrClO2/c1-3-20-15-10-9-12(11-16(15)21-4-2)17(18)13-7-5-6-8-14(13)19/h5-11,17H,3-4H2,1-2H3. The molecule has 2 aromatic rings. The fourth-order valence-corrected chi connectivity index (χ4v) is 3.15. The Morgan fingerprint density at radius 3 is 2.33 bits per heavy atom. The Kier molecular flexibility index (Phi) is 5.95. The molecular weight excluding hydrogens is 352 g/mol. The molecule has 0 saturated heterocycles. The molecule has 112 valence electrons. The van der Waals surface area contributed by atoms with E-state index in [1.165, 1.54) is 0 Å². The van der Waals surface area contributed by atoms with Crippen molar-refractivity contribution >= 4 is 27.5 Å². The summed E-state index contributed by atoms with van der Waals surface area (Å²) in [6.07, 6.45) is 0. The van der Waals surface area contributed by atoms with Gasteiger partial charge >= 0.3 is 0 Å².